The molecule has 0 bridgehead atoms. The van der Waals surface area contributed by atoms with Crippen LogP contribution in [0.1, 0.15) is 48.5 Å². The van der Waals surface area contributed by atoms with E-state index in [2.05, 4.69) is 115 Å². The van der Waals surface area contributed by atoms with Gasteiger partial charge in [-0.25, -0.2) is 0 Å². The molecule has 176 valence electrons. The highest BCUT2D eigenvalue weighted by molar-refractivity contribution is 6.99. The Bertz CT molecular complexity index is 783. The lowest BCUT2D eigenvalue weighted by Gasteiger charge is -2.44. The molecule has 0 radical (unpaired) electrons. The van der Waals surface area contributed by atoms with Gasteiger partial charge in [0.15, 0.2) is 0 Å². The number of benzene rings is 2. The molecule has 3 atom stereocenters. The number of hydrogen-bond acceptors (Lipinski definition) is 3. The van der Waals surface area contributed by atoms with Gasteiger partial charge in [-0.1, -0.05) is 107 Å². The van der Waals surface area contributed by atoms with Crippen molar-refractivity contribution in [3.63, 3.8) is 0 Å². The van der Waals surface area contributed by atoms with E-state index < -0.39 is 8.32 Å². The van der Waals surface area contributed by atoms with Crippen LogP contribution in [0.2, 0.25) is 5.04 Å². The first kappa shape index (κ1) is 26.5. The Hall–Kier alpha value is -1.72. The summed E-state index contributed by atoms with van der Waals surface area (Å²) in [5.74, 6) is 0.477. The van der Waals surface area contributed by atoms with Crippen molar-refractivity contribution in [2.75, 3.05) is 20.5 Å². The van der Waals surface area contributed by atoms with Crippen molar-refractivity contribution in [3.05, 3.63) is 72.3 Å². The highest BCUT2D eigenvalue weighted by Crippen LogP contribution is 2.37. The van der Waals surface area contributed by atoms with Gasteiger partial charge in [-0.05, 0) is 29.3 Å². The van der Waals surface area contributed by atoms with Crippen LogP contribution in [-0.4, -0.2) is 34.9 Å². The zero-order valence-electron chi connectivity index (χ0n) is 21.2. The van der Waals surface area contributed by atoms with Crippen molar-refractivity contribution in [2.45, 2.75) is 59.6 Å². The van der Waals surface area contributed by atoms with E-state index in [4.69, 9.17) is 13.9 Å². The first-order valence-electron chi connectivity index (χ1n) is 11.6. The lowest BCUT2D eigenvalue weighted by molar-refractivity contribution is -0.106. The minimum atomic E-state index is -2.56. The summed E-state index contributed by atoms with van der Waals surface area (Å²) >= 11 is 0. The molecule has 0 fully saturated rings. The van der Waals surface area contributed by atoms with Gasteiger partial charge < -0.3 is 13.9 Å². The molecule has 0 unspecified atom stereocenters. The minimum Gasteiger partial charge on any atom is -0.407 e. The third-order valence-corrected chi connectivity index (χ3v) is 11.0. The monoisotopic (exact) mass is 454 g/mol. The third kappa shape index (κ3) is 6.41. The van der Waals surface area contributed by atoms with Gasteiger partial charge in [0.05, 0.1) is 6.10 Å². The third-order valence-electron chi connectivity index (χ3n) is 6.03. The zero-order chi connectivity index (χ0) is 23.8. The van der Waals surface area contributed by atoms with E-state index >= 15 is 0 Å². The van der Waals surface area contributed by atoms with Crippen molar-refractivity contribution in [1.82, 2.24) is 0 Å². The first-order chi connectivity index (χ1) is 15.1. The van der Waals surface area contributed by atoms with Crippen molar-refractivity contribution in [2.24, 2.45) is 11.8 Å². The fourth-order valence-electron chi connectivity index (χ4n) is 4.71. The predicted octanol–water partition coefficient (Wildman–Crippen LogP) is 5.79. The van der Waals surface area contributed by atoms with Gasteiger partial charge in [0.25, 0.3) is 8.32 Å². The number of hydrogen-bond donors (Lipinski definition) is 0. The highest BCUT2D eigenvalue weighted by Gasteiger charge is 2.50. The summed E-state index contributed by atoms with van der Waals surface area (Å²) in [6.45, 7) is 16.6. The smallest absolute Gasteiger partial charge is 0.261 e. The van der Waals surface area contributed by atoms with Gasteiger partial charge in [-0.15, -0.1) is 0 Å². The van der Waals surface area contributed by atoms with E-state index in [1.54, 1.807) is 7.11 Å². The molecule has 0 amide bonds. The Balaban J connectivity index is 2.44. The number of ether oxygens (including phenoxy) is 2. The number of rotatable bonds is 11. The van der Waals surface area contributed by atoms with Gasteiger partial charge in [-0.2, -0.15) is 0 Å². The van der Waals surface area contributed by atoms with Crippen LogP contribution in [0.25, 0.3) is 0 Å². The minimum absolute atomic E-state index is 0.0167. The molecule has 0 saturated heterocycles. The molecule has 0 heterocycles. The fraction of sp³-hybridized carbons (Fsp3) is 0.500. The Morgan fingerprint density at radius 1 is 0.906 bits per heavy atom. The molecule has 2 aromatic rings. The molecule has 4 heteroatoms. The molecule has 0 N–H and O–H groups in total. The maximum Gasteiger partial charge on any atom is 0.261 e. The Labute approximate surface area is 196 Å². The van der Waals surface area contributed by atoms with E-state index in [-0.39, 0.29) is 29.8 Å². The predicted molar refractivity (Wildman–Crippen MR) is 138 cm³/mol. The molecule has 2 rings (SSSR count). The molecule has 0 aliphatic carbocycles. The van der Waals surface area contributed by atoms with Crippen LogP contribution in [0.5, 0.6) is 0 Å². The van der Waals surface area contributed by atoms with Crippen molar-refractivity contribution < 1.29 is 13.9 Å². The average molecular weight is 455 g/mol. The summed E-state index contributed by atoms with van der Waals surface area (Å²) in [4.78, 5) is 0. The number of methoxy groups -OCH3 is 1. The molecule has 0 aliphatic rings. The SMILES string of the molecule is COCO[C@H]([C@H](C)C=C(C)C)[C@@H](C)CO[Si](c1ccccc1)(c1ccccc1)C(C)(C)C. The maximum absolute atomic E-state index is 7.14. The quantitative estimate of drug-likeness (QED) is 0.244. The van der Waals surface area contributed by atoms with Crippen molar-refractivity contribution >= 4 is 18.7 Å². The second-order valence-corrected chi connectivity index (χ2v) is 14.4. The van der Waals surface area contributed by atoms with Crippen molar-refractivity contribution in [1.29, 1.82) is 0 Å². The van der Waals surface area contributed by atoms with E-state index in [0.717, 1.165) is 0 Å². The molecule has 0 spiro atoms. The van der Waals surface area contributed by atoms with Crippen LogP contribution >= 0.6 is 0 Å². The Morgan fingerprint density at radius 3 is 1.81 bits per heavy atom. The van der Waals surface area contributed by atoms with E-state index in [1.807, 2.05) is 0 Å². The van der Waals surface area contributed by atoms with Crippen LogP contribution in [-0.2, 0) is 13.9 Å². The molecular weight excluding hydrogens is 412 g/mol. The van der Waals surface area contributed by atoms with Crippen LogP contribution in [0.4, 0.5) is 0 Å². The van der Waals surface area contributed by atoms with Crippen molar-refractivity contribution in [3.8, 4) is 0 Å². The lowest BCUT2D eigenvalue weighted by Crippen LogP contribution is -2.67. The fourth-order valence-corrected chi connectivity index (χ4v) is 9.38. The lowest BCUT2D eigenvalue weighted by atomic mass is 9.92. The molecule has 0 saturated carbocycles. The maximum atomic E-state index is 7.14. The van der Waals surface area contributed by atoms with Gasteiger partial charge in [-0.3, -0.25) is 0 Å². The molecule has 0 aromatic heterocycles. The van der Waals surface area contributed by atoms with Gasteiger partial charge in [0, 0.05) is 25.6 Å². The van der Waals surface area contributed by atoms with Crippen LogP contribution in [0, 0.1) is 11.8 Å². The molecule has 2 aromatic carbocycles. The second kappa shape index (κ2) is 11.9. The first-order valence-corrected chi connectivity index (χ1v) is 13.5. The molecule has 3 nitrogen and oxygen atoms in total. The summed E-state index contributed by atoms with van der Waals surface area (Å²) in [6.07, 6.45) is 2.29. The Morgan fingerprint density at radius 2 is 1.41 bits per heavy atom. The van der Waals surface area contributed by atoms with Crippen LogP contribution in [0.15, 0.2) is 72.3 Å². The summed E-state index contributed by atoms with van der Waals surface area (Å²) in [7, 11) is -0.885. The zero-order valence-corrected chi connectivity index (χ0v) is 22.2. The summed E-state index contributed by atoms with van der Waals surface area (Å²) < 4.78 is 18.5. The van der Waals surface area contributed by atoms with Gasteiger partial charge in [0.2, 0.25) is 0 Å². The Kier molecular flexibility index (Phi) is 9.90. The topological polar surface area (TPSA) is 27.7 Å². The summed E-state index contributed by atoms with van der Waals surface area (Å²) in [6, 6.07) is 21.6. The van der Waals surface area contributed by atoms with E-state index in [0.29, 0.717) is 6.61 Å². The van der Waals surface area contributed by atoms with Gasteiger partial charge in [0.1, 0.15) is 6.79 Å². The van der Waals surface area contributed by atoms with Crippen LogP contribution in [0.3, 0.4) is 0 Å². The summed E-state index contributed by atoms with van der Waals surface area (Å²) in [5.41, 5.74) is 1.30. The standard InChI is InChI=1S/C28H42O3Si/c1-22(2)19-23(3)27(30-21-29-8)24(4)20-31-32(28(5,6)7,25-15-11-9-12-16-25)26-17-13-10-14-18-26/h9-19,23-24,27H,20-21H2,1-8H3/t23-,24+,27-/m1/s1. The van der Waals surface area contributed by atoms with E-state index in [9.17, 15) is 0 Å². The normalized spacial score (nSPS) is 15.1. The van der Waals surface area contributed by atoms with E-state index in [1.165, 1.54) is 15.9 Å². The van der Waals surface area contributed by atoms with Gasteiger partial charge >= 0.3 is 0 Å². The second-order valence-electron chi connectivity index (χ2n) is 10.1. The molecular formula is C28H42O3Si. The highest BCUT2D eigenvalue weighted by atomic mass is 28.4. The van der Waals surface area contributed by atoms with Crippen LogP contribution < -0.4 is 10.4 Å². The largest absolute Gasteiger partial charge is 0.407 e. The summed E-state index contributed by atoms with van der Waals surface area (Å²) in [5, 5.41) is 2.57. The number of allylic oxidation sites excluding steroid dienone is 1. The molecule has 32 heavy (non-hydrogen) atoms. The average Bonchev–Trinajstić information content (AvgIpc) is 2.74. The molecule has 0 aliphatic heterocycles.